The first kappa shape index (κ1) is 9.06. The van der Waals surface area contributed by atoms with E-state index >= 15 is 0 Å². The summed E-state index contributed by atoms with van der Waals surface area (Å²) < 4.78 is 0. The van der Waals surface area contributed by atoms with Crippen molar-refractivity contribution in [2.45, 2.75) is 5.75 Å². The molecule has 0 spiro atoms. The van der Waals surface area contributed by atoms with Crippen molar-refractivity contribution in [1.29, 1.82) is 0 Å². The van der Waals surface area contributed by atoms with E-state index in [9.17, 15) is 0 Å². The quantitative estimate of drug-likeness (QED) is 0.539. The second-order valence-corrected chi connectivity index (χ2v) is 3.13. The Morgan fingerprint density at radius 2 is 2.36 bits per heavy atom. The third-order valence-electron chi connectivity index (χ3n) is 1.57. The van der Waals surface area contributed by atoms with E-state index in [1.54, 1.807) is 0 Å². The summed E-state index contributed by atoms with van der Waals surface area (Å²) in [6.07, 6.45) is 6.14. The van der Waals surface area contributed by atoms with E-state index in [2.05, 4.69) is 22.5 Å². The van der Waals surface area contributed by atoms with Crippen molar-refractivity contribution in [3.63, 3.8) is 0 Å². The summed E-state index contributed by atoms with van der Waals surface area (Å²) >= 11 is 1.84. The molecule has 0 saturated carbocycles. The Morgan fingerprint density at radius 3 is 3.18 bits per heavy atom. The van der Waals surface area contributed by atoms with Gasteiger partial charge in [0.1, 0.15) is 0 Å². The first-order valence-electron chi connectivity index (χ1n) is 3.24. The number of hydrogen-bond acceptors (Lipinski definition) is 1. The molecule has 1 aromatic heterocycles. The molecule has 1 aromatic rings. The fourth-order valence-corrected chi connectivity index (χ4v) is 1.80. The molecule has 0 aliphatic carbocycles. The highest BCUT2D eigenvalue weighted by atomic mass is 127. The zero-order valence-electron chi connectivity index (χ0n) is 5.88. The predicted molar refractivity (Wildman–Crippen MR) is 43.3 cm³/mol. The van der Waals surface area contributed by atoms with Crippen molar-refractivity contribution in [3.8, 4) is 0 Å². The molecule has 0 atom stereocenters. The van der Waals surface area contributed by atoms with Gasteiger partial charge in [0.25, 0.3) is 0 Å². The van der Waals surface area contributed by atoms with Crippen molar-refractivity contribution in [1.82, 2.24) is 0 Å². The first-order chi connectivity index (χ1) is 4.97. The van der Waals surface area contributed by atoms with Gasteiger partial charge in [0, 0.05) is 17.4 Å². The molecule has 2 rings (SSSR count). The van der Waals surface area contributed by atoms with E-state index in [4.69, 9.17) is 0 Å². The fourth-order valence-electron chi connectivity index (χ4n) is 1.02. The average Bonchev–Trinajstić information content (AvgIpc) is 2.05. The monoisotopic (exact) mass is 277 g/mol. The van der Waals surface area contributed by atoms with Crippen LogP contribution in [0.25, 0.3) is 6.08 Å². The average molecular weight is 277 g/mol. The number of H-pyrrole nitrogens is 1. The van der Waals surface area contributed by atoms with Crippen molar-refractivity contribution in [2.24, 2.45) is 0 Å². The molecule has 2 heterocycles. The van der Waals surface area contributed by atoms with Crippen LogP contribution in [-0.2, 0) is 5.75 Å². The molecule has 1 nitrogen and oxygen atoms in total. The van der Waals surface area contributed by atoms with E-state index in [1.165, 1.54) is 11.1 Å². The lowest BCUT2D eigenvalue weighted by atomic mass is 10.1. The molecule has 0 bridgehead atoms. The fraction of sp³-hybridized carbons (Fsp3) is 0.125. The van der Waals surface area contributed by atoms with Gasteiger partial charge in [-0.1, -0.05) is 0 Å². The van der Waals surface area contributed by atoms with Crippen LogP contribution in [0.5, 0.6) is 0 Å². The molecule has 1 N–H and O–H groups in total. The van der Waals surface area contributed by atoms with Crippen molar-refractivity contribution >= 4 is 17.8 Å². The van der Waals surface area contributed by atoms with Crippen LogP contribution in [0, 0.1) is 0 Å². The molecule has 58 valence electrons. The van der Waals surface area contributed by atoms with E-state index in [0.717, 1.165) is 5.75 Å². The van der Waals surface area contributed by atoms with E-state index < -0.39 is 0 Å². The third kappa shape index (κ3) is 1.96. The lowest BCUT2D eigenvalue weighted by Crippen LogP contribution is -3.00. The Kier molecular flexibility index (Phi) is 3.39. The Hall–Kier alpha value is -0.0300. The summed E-state index contributed by atoms with van der Waals surface area (Å²) in [5, 5.41) is 2.14. The molecular weight excluding hydrogens is 269 g/mol. The number of aromatic amines is 1. The normalized spacial score (nSPS) is 13.5. The molecule has 11 heavy (non-hydrogen) atoms. The van der Waals surface area contributed by atoms with Crippen molar-refractivity contribution < 1.29 is 29.0 Å². The van der Waals surface area contributed by atoms with Gasteiger partial charge in [-0.2, -0.15) is 0 Å². The number of nitrogens with one attached hydrogen (secondary N) is 1. The Labute approximate surface area is 87.3 Å². The van der Waals surface area contributed by atoms with E-state index in [0.29, 0.717) is 0 Å². The Bertz CT molecular complexity index is 273. The van der Waals surface area contributed by atoms with Gasteiger partial charge in [0.2, 0.25) is 0 Å². The molecule has 0 unspecified atom stereocenters. The predicted octanol–water partition coefficient (Wildman–Crippen LogP) is -1.28. The maximum Gasteiger partial charge on any atom is 0.174 e. The van der Waals surface area contributed by atoms with Gasteiger partial charge >= 0.3 is 0 Å². The lowest BCUT2D eigenvalue weighted by molar-refractivity contribution is -0.378. The van der Waals surface area contributed by atoms with Gasteiger partial charge < -0.3 is 24.0 Å². The number of aromatic nitrogens is 1. The van der Waals surface area contributed by atoms with Gasteiger partial charge in [-0.05, 0) is 17.0 Å². The van der Waals surface area contributed by atoms with Gasteiger partial charge in [-0.3, -0.25) is 0 Å². The molecule has 0 amide bonds. The number of rotatable bonds is 0. The number of pyridine rings is 1. The van der Waals surface area contributed by atoms with Crippen LogP contribution in [0.15, 0.2) is 23.9 Å². The van der Waals surface area contributed by atoms with Crippen LogP contribution < -0.4 is 29.0 Å². The Balaban J connectivity index is 0.000000605. The first-order valence-corrected chi connectivity index (χ1v) is 4.29. The number of fused-ring (bicyclic) bond motifs is 1. The lowest BCUT2D eigenvalue weighted by Gasteiger charge is -2.04. The number of thioether (sulfide) groups is 1. The zero-order valence-corrected chi connectivity index (χ0v) is 8.85. The molecule has 3 heteroatoms. The minimum atomic E-state index is 0. The Morgan fingerprint density at radius 1 is 1.45 bits per heavy atom. The minimum absolute atomic E-state index is 0. The summed E-state index contributed by atoms with van der Waals surface area (Å²) in [6.45, 7) is 0. The third-order valence-corrected chi connectivity index (χ3v) is 2.38. The van der Waals surface area contributed by atoms with E-state index in [1.807, 2.05) is 24.2 Å². The topological polar surface area (TPSA) is 14.1 Å². The second-order valence-electron chi connectivity index (χ2n) is 2.24. The standard InChI is InChI=1S/C8H7NS.HI/c1-3-9-5-7-2-4-10-6-8(1)7;/h1-5H,6H2;1H. The highest BCUT2D eigenvalue weighted by Crippen LogP contribution is 2.22. The summed E-state index contributed by atoms with van der Waals surface area (Å²) in [7, 11) is 0. The number of hydrogen-bond donors (Lipinski definition) is 0. The van der Waals surface area contributed by atoms with Crippen molar-refractivity contribution in [3.05, 3.63) is 35.0 Å². The molecule has 0 fully saturated rings. The highest BCUT2D eigenvalue weighted by molar-refractivity contribution is 8.01. The van der Waals surface area contributed by atoms with Crippen LogP contribution in [-0.4, -0.2) is 0 Å². The van der Waals surface area contributed by atoms with Gasteiger partial charge in [0.15, 0.2) is 12.4 Å². The van der Waals surface area contributed by atoms with Gasteiger partial charge in [-0.15, -0.1) is 11.8 Å². The van der Waals surface area contributed by atoms with Crippen LogP contribution >= 0.6 is 11.8 Å². The van der Waals surface area contributed by atoms with Crippen LogP contribution in [0.1, 0.15) is 11.1 Å². The van der Waals surface area contributed by atoms with Gasteiger partial charge in [-0.25, -0.2) is 4.98 Å². The molecule has 1 aliphatic rings. The SMILES string of the molecule is C1=Cc2c[nH+]ccc2CS1.[I-]. The maximum atomic E-state index is 3.06. The molecule has 0 saturated heterocycles. The summed E-state index contributed by atoms with van der Waals surface area (Å²) in [5.41, 5.74) is 2.74. The van der Waals surface area contributed by atoms with Crippen LogP contribution in [0.2, 0.25) is 0 Å². The summed E-state index contributed by atoms with van der Waals surface area (Å²) in [6, 6.07) is 2.13. The summed E-state index contributed by atoms with van der Waals surface area (Å²) in [4.78, 5) is 3.06. The van der Waals surface area contributed by atoms with Gasteiger partial charge in [0.05, 0.1) is 0 Å². The number of halogens is 1. The molecule has 0 aromatic carbocycles. The zero-order chi connectivity index (χ0) is 6.81. The smallest absolute Gasteiger partial charge is 0.174 e. The molecule has 0 radical (unpaired) electrons. The van der Waals surface area contributed by atoms with E-state index in [-0.39, 0.29) is 24.0 Å². The minimum Gasteiger partial charge on any atom is -1.00 e. The second kappa shape index (κ2) is 4.11. The van der Waals surface area contributed by atoms with Crippen molar-refractivity contribution in [2.75, 3.05) is 0 Å². The molecular formula is C8H8INS. The highest BCUT2D eigenvalue weighted by Gasteiger charge is 2.04. The molecule has 1 aliphatic heterocycles. The van der Waals surface area contributed by atoms with Crippen LogP contribution in [0.4, 0.5) is 0 Å². The van der Waals surface area contributed by atoms with Crippen LogP contribution in [0.3, 0.4) is 0 Å². The maximum absolute atomic E-state index is 3.06. The largest absolute Gasteiger partial charge is 1.00 e. The summed E-state index contributed by atoms with van der Waals surface area (Å²) in [5.74, 6) is 1.11.